The van der Waals surface area contributed by atoms with Crippen molar-refractivity contribution >= 4 is 27.4 Å². The molecular formula is C20H24N2O6S. The van der Waals surface area contributed by atoms with E-state index in [9.17, 15) is 18.0 Å². The fraction of sp³-hybridized carbons (Fsp3) is 0.400. The highest BCUT2D eigenvalue weighted by atomic mass is 32.2. The van der Waals surface area contributed by atoms with Crippen LogP contribution in [-0.2, 0) is 25.9 Å². The van der Waals surface area contributed by atoms with Gasteiger partial charge in [0.1, 0.15) is 5.76 Å². The molecule has 0 bridgehead atoms. The maximum Gasteiger partial charge on any atom is 0.341 e. The molecule has 29 heavy (non-hydrogen) atoms. The van der Waals surface area contributed by atoms with Gasteiger partial charge in [-0.15, -0.1) is 0 Å². The van der Waals surface area contributed by atoms with E-state index in [0.29, 0.717) is 30.0 Å². The summed E-state index contributed by atoms with van der Waals surface area (Å²) in [6.45, 7) is 1.88. The van der Waals surface area contributed by atoms with E-state index in [2.05, 4.69) is 5.32 Å². The summed E-state index contributed by atoms with van der Waals surface area (Å²) in [4.78, 5) is 26.6. The van der Waals surface area contributed by atoms with Gasteiger partial charge in [0.25, 0.3) is 5.91 Å². The summed E-state index contributed by atoms with van der Waals surface area (Å²) in [5.41, 5.74) is 0.855. The number of rotatable bonds is 7. The van der Waals surface area contributed by atoms with Gasteiger partial charge >= 0.3 is 5.97 Å². The number of ether oxygens (including phenoxy) is 1. The first-order chi connectivity index (χ1) is 13.8. The average Bonchev–Trinajstić information content (AvgIpc) is 3.34. The Morgan fingerprint density at radius 1 is 1.28 bits per heavy atom. The summed E-state index contributed by atoms with van der Waals surface area (Å²) in [6, 6.07) is 10.0. The molecule has 9 heteroatoms. The Hall–Kier alpha value is -2.81. The summed E-state index contributed by atoms with van der Waals surface area (Å²) >= 11 is 0. The number of amides is 1. The second-order valence-electron chi connectivity index (χ2n) is 7.03. The molecule has 156 valence electrons. The third-order valence-corrected chi connectivity index (χ3v) is 6.67. The number of sulfone groups is 1. The lowest BCUT2D eigenvalue weighted by Crippen LogP contribution is -2.44. The van der Waals surface area contributed by atoms with Crippen LogP contribution in [0.15, 0.2) is 47.1 Å². The molecule has 2 aromatic rings. The van der Waals surface area contributed by atoms with Crippen LogP contribution in [0.4, 0.5) is 5.69 Å². The highest BCUT2D eigenvalue weighted by Crippen LogP contribution is 2.20. The zero-order valence-corrected chi connectivity index (χ0v) is 17.1. The normalized spacial score (nSPS) is 18.8. The van der Waals surface area contributed by atoms with Gasteiger partial charge in [0.15, 0.2) is 15.9 Å². The van der Waals surface area contributed by atoms with E-state index in [-0.39, 0.29) is 11.5 Å². The Morgan fingerprint density at radius 2 is 2.03 bits per heavy atom. The van der Waals surface area contributed by atoms with Gasteiger partial charge < -0.3 is 19.4 Å². The molecule has 1 aliphatic heterocycles. The second kappa shape index (κ2) is 8.69. The molecule has 0 saturated carbocycles. The summed E-state index contributed by atoms with van der Waals surface area (Å²) in [7, 11) is -1.58. The van der Waals surface area contributed by atoms with Crippen LogP contribution in [0.25, 0.3) is 0 Å². The van der Waals surface area contributed by atoms with Crippen LogP contribution in [0, 0.1) is 0 Å². The van der Waals surface area contributed by atoms with E-state index in [1.165, 1.54) is 18.9 Å². The summed E-state index contributed by atoms with van der Waals surface area (Å²) in [5.74, 6) is -0.347. The minimum absolute atomic E-state index is 0.0601. The second-order valence-corrected chi connectivity index (χ2v) is 9.26. The van der Waals surface area contributed by atoms with Gasteiger partial charge in [0, 0.05) is 18.8 Å². The maximum absolute atomic E-state index is 12.6. The van der Waals surface area contributed by atoms with E-state index in [0.717, 1.165) is 0 Å². The molecule has 0 spiro atoms. The molecule has 0 aliphatic carbocycles. The first-order valence-electron chi connectivity index (χ1n) is 9.30. The minimum Gasteiger partial charge on any atom is -0.467 e. The van der Waals surface area contributed by atoms with Crippen LogP contribution in [0.5, 0.6) is 0 Å². The van der Waals surface area contributed by atoms with E-state index < -0.39 is 33.9 Å². The molecule has 1 amide bonds. The van der Waals surface area contributed by atoms with Gasteiger partial charge in [-0.3, -0.25) is 4.79 Å². The highest BCUT2D eigenvalue weighted by molar-refractivity contribution is 7.91. The van der Waals surface area contributed by atoms with Gasteiger partial charge in [-0.1, -0.05) is 12.1 Å². The number of hydrogen-bond donors (Lipinski definition) is 1. The number of hydrogen-bond acceptors (Lipinski definition) is 7. The third-order valence-electron chi connectivity index (χ3n) is 4.92. The largest absolute Gasteiger partial charge is 0.467 e. The van der Waals surface area contributed by atoms with Crippen molar-refractivity contribution in [3.63, 3.8) is 0 Å². The molecule has 1 N–H and O–H groups in total. The molecule has 2 heterocycles. The van der Waals surface area contributed by atoms with Gasteiger partial charge in [-0.2, -0.15) is 0 Å². The number of esters is 1. The van der Waals surface area contributed by atoms with E-state index in [1.54, 1.807) is 36.6 Å². The van der Waals surface area contributed by atoms with Crippen molar-refractivity contribution in [1.82, 2.24) is 4.90 Å². The number of carbonyl (C=O) groups is 2. The highest BCUT2D eigenvalue weighted by Gasteiger charge is 2.35. The lowest BCUT2D eigenvalue weighted by Gasteiger charge is -2.26. The number of benzene rings is 1. The lowest BCUT2D eigenvalue weighted by atomic mass is 10.1. The fourth-order valence-electron chi connectivity index (χ4n) is 3.23. The van der Waals surface area contributed by atoms with Crippen molar-refractivity contribution in [2.75, 3.05) is 23.9 Å². The number of nitrogens with zero attached hydrogens (tertiary/aromatic N) is 1. The van der Waals surface area contributed by atoms with Crippen LogP contribution >= 0.6 is 0 Å². The Balaban J connectivity index is 1.62. The monoisotopic (exact) mass is 420 g/mol. The lowest BCUT2D eigenvalue weighted by molar-refractivity contribution is -0.140. The zero-order valence-electron chi connectivity index (χ0n) is 16.3. The standard InChI is InChI=1S/C20H24N2O6S/c1-14(19(23)22(2)15-9-11-29(25,26)13-15)28-20(24)17-7-3-4-8-18(17)21-12-16-6-5-10-27-16/h3-8,10,14-15,21H,9,11-13H2,1-2H3/t14-,15-/m0/s1. The van der Waals surface area contributed by atoms with Gasteiger partial charge in [-0.25, -0.2) is 13.2 Å². The summed E-state index contributed by atoms with van der Waals surface area (Å²) < 4.78 is 33.9. The molecule has 8 nitrogen and oxygen atoms in total. The number of para-hydroxylation sites is 1. The molecule has 1 aromatic heterocycles. The molecule has 1 fully saturated rings. The maximum atomic E-state index is 12.6. The molecule has 1 aliphatic rings. The number of anilines is 1. The van der Waals surface area contributed by atoms with Crippen molar-refractivity contribution in [2.24, 2.45) is 0 Å². The smallest absolute Gasteiger partial charge is 0.341 e. The van der Waals surface area contributed by atoms with Crippen molar-refractivity contribution in [1.29, 1.82) is 0 Å². The SMILES string of the molecule is C[C@H](OC(=O)c1ccccc1NCc1ccco1)C(=O)N(C)[C@H]1CCS(=O)(=O)C1. The van der Waals surface area contributed by atoms with Gasteiger partial charge in [0.05, 0.1) is 29.9 Å². The van der Waals surface area contributed by atoms with Crippen molar-refractivity contribution in [3.8, 4) is 0 Å². The number of nitrogens with one attached hydrogen (secondary N) is 1. The Labute approximate surface area is 169 Å². The van der Waals surface area contributed by atoms with Gasteiger partial charge in [-0.05, 0) is 37.6 Å². The molecule has 2 atom stereocenters. The Bertz CT molecular complexity index is 971. The first kappa shape index (κ1) is 20.9. The molecule has 0 radical (unpaired) electrons. The molecule has 3 rings (SSSR count). The molecule has 1 saturated heterocycles. The third kappa shape index (κ3) is 5.17. The molecular weight excluding hydrogens is 396 g/mol. The number of carbonyl (C=O) groups excluding carboxylic acids is 2. The predicted molar refractivity (Wildman–Crippen MR) is 107 cm³/mol. The van der Waals surface area contributed by atoms with Crippen LogP contribution in [0.3, 0.4) is 0 Å². The number of likely N-dealkylation sites (N-methyl/N-ethyl adjacent to an activating group) is 1. The number of furan rings is 1. The van der Waals surface area contributed by atoms with Crippen LogP contribution in [-0.4, -0.2) is 55.9 Å². The van der Waals surface area contributed by atoms with Crippen LogP contribution in [0.1, 0.15) is 29.5 Å². The Morgan fingerprint density at radius 3 is 2.69 bits per heavy atom. The van der Waals surface area contributed by atoms with Crippen LogP contribution < -0.4 is 5.32 Å². The van der Waals surface area contributed by atoms with E-state index in [1.807, 2.05) is 6.07 Å². The summed E-state index contributed by atoms with van der Waals surface area (Å²) in [6.07, 6.45) is 0.926. The first-order valence-corrected chi connectivity index (χ1v) is 11.1. The van der Waals surface area contributed by atoms with Crippen molar-refractivity contribution in [2.45, 2.75) is 32.0 Å². The molecule has 1 aromatic carbocycles. The van der Waals surface area contributed by atoms with Crippen LogP contribution in [0.2, 0.25) is 0 Å². The van der Waals surface area contributed by atoms with E-state index in [4.69, 9.17) is 9.15 Å². The predicted octanol–water partition coefficient (Wildman–Crippen LogP) is 2.08. The van der Waals surface area contributed by atoms with Gasteiger partial charge in [0.2, 0.25) is 0 Å². The zero-order chi connectivity index (χ0) is 21.0. The topological polar surface area (TPSA) is 106 Å². The summed E-state index contributed by atoms with van der Waals surface area (Å²) in [5, 5.41) is 3.12. The minimum atomic E-state index is -3.11. The fourth-order valence-corrected chi connectivity index (χ4v) is 5.01. The quantitative estimate of drug-likeness (QED) is 0.684. The molecule has 0 unspecified atom stereocenters. The van der Waals surface area contributed by atoms with Crippen molar-refractivity contribution in [3.05, 3.63) is 54.0 Å². The van der Waals surface area contributed by atoms with Crippen molar-refractivity contribution < 1.29 is 27.2 Å². The Kier molecular flexibility index (Phi) is 6.26. The average molecular weight is 420 g/mol. The van der Waals surface area contributed by atoms with E-state index >= 15 is 0 Å².